The Labute approximate surface area is 88.1 Å². The maximum absolute atomic E-state index is 5.59. The van der Waals surface area contributed by atoms with E-state index in [-0.39, 0.29) is 0 Å². The van der Waals surface area contributed by atoms with Crippen LogP contribution >= 0.6 is 0 Å². The second kappa shape index (κ2) is 3.57. The summed E-state index contributed by atoms with van der Waals surface area (Å²) in [7, 11) is 0. The fourth-order valence-corrected chi connectivity index (χ4v) is 1.26. The fraction of sp³-hybridized carbons (Fsp3) is 0.0909. The van der Waals surface area contributed by atoms with E-state index in [4.69, 9.17) is 5.73 Å². The smallest absolute Gasteiger partial charge is 0.125 e. The highest BCUT2D eigenvalue weighted by molar-refractivity contribution is 5.60. The van der Waals surface area contributed by atoms with Gasteiger partial charge in [0.15, 0.2) is 0 Å². The number of anilines is 1. The molecule has 2 aromatic rings. The van der Waals surface area contributed by atoms with E-state index < -0.39 is 0 Å². The summed E-state index contributed by atoms with van der Waals surface area (Å²) in [6.07, 6.45) is 5.35. The van der Waals surface area contributed by atoms with Crippen molar-refractivity contribution in [2.45, 2.75) is 6.92 Å². The molecule has 0 saturated heterocycles. The van der Waals surface area contributed by atoms with Crippen molar-refractivity contribution in [3.8, 4) is 5.69 Å². The number of rotatable bonds is 2. The third-order valence-electron chi connectivity index (χ3n) is 2.10. The number of hydrogen-bond donors (Lipinski definition) is 1. The zero-order valence-electron chi connectivity index (χ0n) is 8.51. The molecule has 0 unspecified atom stereocenters. The van der Waals surface area contributed by atoms with Gasteiger partial charge in [0.1, 0.15) is 5.82 Å². The minimum atomic E-state index is 0.486. The predicted octanol–water partition coefficient (Wildman–Crippen LogP) is 1.88. The van der Waals surface area contributed by atoms with Gasteiger partial charge in [0.2, 0.25) is 0 Å². The standard InChI is InChI=1S/C11H12N4/c1-8(2)9-6-14-15(7-9)10-3-4-13-11(12)5-10/h3-7H,1H2,2H3,(H2,12,13). The topological polar surface area (TPSA) is 56.7 Å². The van der Waals surface area contributed by atoms with Crippen LogP contribution in [0, 0.1) is 0 Å². The number of nitrogens with two attached hydrogens (primary N) is 1. The summed E-state index contributed by atoms with van der Waals surface area (Å²) >= 11 is 0. The zero-order valence-corrected chi connectivity index (χ0v) is 8.51. The number of nitrogen functional groups attached to an aromatic ring is 1. The number of aromatic nitrogens is 3. The molecule has 0 aliphatic carbocycles. The SMILES string of the molecule is C=C(C)c1cnn(-c2ccnc(N)c2)c1. The summed E-state index contributed by atoms with van der Waals surface area (Å²) in [6.45, 7) is 5.81. The van der Waals surface area contributed by atoms with E-state index in [1.807, 2.05) is 19.2 Å². The van der Waals surface area contributed by atoms with Crippen LogP contribution in [0.4, 0.5) is 5.82 Å². The van der Waals surface area contributed by atoms with Crippen LogP contribution in [0.25, 0.3) is 11.3 Å². The fourth-order valence-electron chi connectivity index (χ4n) is 1.26. The molecule has 2 heterocycles. The highest BCUT2D eigenvalue weighted by Crippen LogP contribution is 2.14. The number of pyridine rings is 1. The van der Waals surface area contributed by atoms with Gasteiger partial charge in [-0.3, -0.25) is 0 Å². The van der Waals surface area contributed by atoms with Gasteiger partial charge in [0.05, 0.1) is 11.9 Å². The second-order valence-corrected chi connectivity index (χ2v) is 3.39. The minimum Gasteiger partial charge on any atom is -0.384 e. The van der Waals surface area contributed by atoms with Crippen LogP contribution in [-0.4, -0.2) is 14.8 Å². The summed E-state index contributed by atoms with van der Waals surface area (Å²) in [5.41, 5.74) is 8.50. The van der Waals surface area contributed by atoms with Crippen molar-refractivity contribution in [2.75, 3.05) is 5.73 Å². The molecule has 0 saturated carbocycles. The first-order valence-electron chi connectivity index (χ1n) is 4.59. The first-order chi connectivity index (χ1) is 7.16. The zero-order chi connectivity index (χ0) is 10.8. The van der Waals surface area contributed by atoms with Crippen molar-refractivity contribution in [3.05, 3.63) is 42.9 Å². The third kappa shape index (κ3) is 1.88. The van der Waals surface area contributed by atoms with Crippen LogP contribution in [0.5, 0.6) is 0 Å². The number of allylic oxidation sites excluding steroid dienone is 1. The lowest BCUT2D eigenvalue weighted by Crippen LogP contribution is -1.97. The van der Waals surface area contributed by atoms with Gasteiger partial charge in [0.25, 0.3) is 0 Å². The molecular formula is C11H12N4. The van der Waals surface area contributed by atoms with Crippen LogP contribution in [0.2, 0.25) is 0 Å². The molecule has 15 heavy (non-hydrogen) atoms. The van der Waals surface area contributed by atoms with Crippen LogP contribution < -0.4 is 5.73 Å². The lowest BCUT2D eigenvalue weighted by atomic mass is 10.2. The lowest BCUT2D eigenvalue weighted by Gasteiger charge is -2.00. The van der Waals surface area contributed by atoms with Crippen molar-refractivity contribution in [1.29, 1.82) is 0 Å². The summed E-state index contributed by atoms with van der Waals surface area (Å²) in [6, 6.07) is 3.63. The molecule has 76 valence electrons. The van der Waals surface area contributed by atoms with Crippen LogP contribution in [0.1, 0.15) is 12.5 Å². The molecule has 0 atom stereocenters. The Morgan fingerprint density at radius 3 is 2.93 bits per heavy atom. The molecule has 0 aliphatic rings. The van der Waals surface area contributed by atoms with Crippen LogP contribution in [0.3, 0.4) is 0 Å². The quantitative estimate of drug-likeness (QED) is 0.805. The normalized spacial score (nSPS) is 10.2. The molecule has 0 spiro atoms. The Bertz CT molecular complexity index is 499. The molecule has 0 radical (unpaired) electrons. The minimum absolute atomic E-state index is 0.486. The van der Waals surface area contributed by atoms with Crippen LogP contribution in [-0.2, 0) is 0 Å². The van der Waals surface area contributed by atoms with Crippen molar-refractivity contribution in [3.63, 3.8) is 0 Å². The second-order valence-electron chi connectivity index (χ2n) is 3.39. The Kier molecular flexibility index (Phi) is 2.25. The van der Waals surface area contributed by atoms with E-state index in [9.17, 15) is 0 Å². The highest BCUT2D eigenvalue weighted by Gasteiger charge is 2.01. The van der Waals surface area contributed by atoms with Gasteiger partial charge in [-0.05, 0) is 18.6 Å². The van der Waals surface area contributed by atoms with E-state index in [1.165, 1.54) is 0 Å². The van der Waals surface area contributed by atoms with Crippen LogP contribution in [0.15, 0.2) is 37.3 Å². The Morgan fingerprint density at radius 2 is 2.33 bits per heavy atom. The maximum atomic E-state index is 5.59. The van der Waals surface area contributed by atoms with Gasteiger partial charge in [-0.25, -0.2) is 9.67 Å². The third-order valence-corrected chi connectivity index (χ3v) is 2.10. The average Bonchev–Trinajstić information content (AvgIpc) is 2.66. The van der Waals surface area contributed by atoms with E-state index >= 15 is 0 Å². The van der Waals surface area contributed by atoms with E-state index in [0.29, 0.717) is 5.82 Å². The lowest BCUT2D eigenvalue weighted by molar-refractivity contribution is 0.878. The van der Waals surface area contributed by atoms with Gasteiger partial charge in [0, 0.05) is 24.0 Å². The Morgan fingerprint density at radius 1 is 1.53 bits per heavy atom. The summed E-state index contributed by atoms with van der Waals surface area (Å²) < 4.78 is 1.75. The summed E-state index contributed by atoms with van der Waals surface area (Å²) in [5.74, 6) is 0.486. The van der Waals surface area contributed by atoms with Gasteiger partial charge >= 0.3 is 0 Å². The molecule has 4 nitrogen and oxygen atoms in total. The van der Waals surface area contributed by atoms with E-state index in [1.54, 1.807) is 23.1 Å². The summed E-state index contributed by atoms with van der Waals surface area (Å²) in [4.78, 5) is 3.93. The monoisotopic (exact) mass is 200 g/mol. The molecule has 2 N–H and O–H groups in total. The van der Waals surface area contributed by atoms with Gasteiger partial charge in [-0.15, -0.1) is 0 Å². The van der Waals surface area contributed by atoms with E-state index in [0.717, 1.165) is 16.8 Å². The maximum Gasteiger partial charge on any atom is 0.125 e. The molecule has 2 aromatic heterocycles. The average molecular weight is 200 g/mol. The van der Waals surface area contributed by atoms with Gasteiger partial charge in [-0.1, -0.05) is 6.58 Å². The molecular weight excluding hydrogens is 188 g/mol. The number of hydrogen-bond acceptors (Lipinski definition) is 3. The van der Waals surface area contributed by atoms with E-state index in [2.05, 4.69) is 16.7 Å². The van der Waals surface area contributed by atoms with Gasteiger partial charge < -0.3 is 5.73 Å². The first kappa shape index (κ1) is 9.45. The van der Waals surface area contributed by atoms with Gasteiger partial charge in [-0.2, -0.15) is 5.10 Å². The molecule has 0 amide bonds. The molecule has 0 aliphatic heterocycles. The Hall–Kier alpha value is -2.10. The molecule has 0 fully saturated rings. The van der Waals surface area contributed by atoms with Crippen molar-refractivity contribution in [2.24, 2.45) is 0 Å². The Balaban J connectivity index is 2.41. The first-order valence-corrected chi connectivity index (χ1v) is 4.59. The molecule has 0 aromatic carbocycles. The number of nitrogens with zero attached hydrogens (tertiary/aromatic N) is 3. The largest absolute Gasteiger partial charge is 0.384 e. The van der Waals surface area contributed by atoms with Crippen molar-refractivity contribution >= 4 is 11.4 Å². The highest BCUT2D eigenvalue weighted by atomic mass is 15.3. The molecule has 0 bridgehead atoms. The van der Waals surface area contributed by atoms with Crippen molar-refractivity contribution < 1.29 is 0 Å². The molecule has 4 heteroatoms. The molecule has 2 rings (SSSR count). The summed E-state index contributed by atoms with van der Waals surface area (Å²) in [5, 5.41) is 4.22. The predicted molar refractivity (Wildman–Crippen MR) is 60.5 cm³/mol. The van der Waals surface area contributed by atoms with Crippen molar-refractivity contribution in [1.82, 2.24) is 14.8 Å².